The highest BCUT2D eigenvalue weighted by molar-refractivity contribution is 7.90. The molecule has 0 radical (unpaired) electrons. The monoisotopic (exact) mass is 345 g/mol. The molecule has 2 aliphatic rings. The molecule has 2 N–H and O–H groups in total. The molecule has 1 aromatic carbocycles. The molecule has 0 bridgehead atoms. The molecule has 7 nitrogen and oxygen atoms in total. The second-order valence-corrected chi connectivity index (χ2v) is 8.32. The molecule has 1 aromatic heterocycles. The molecule has 4 rings (SSSR count). The van der Waals surface area contributed by atoms with Crippen LogP contribution in [0.1, 0.15) is 46.2 Å². The van der Waals surface area contributed by atoms with E-state index in [9.17, 15) is 18.0 Å². The highest BCUT2D eigenvalue weighted by atomic mass is 32.2. The van der Waals surface area contributed by atoms with Crippen molar-refractivity contribution in [3.05, 3.63) is 57.3 Å². The lowest BCUT2D eigenvalue weighted by molar-refractivity contribution is 0.102. The zero-order valence-electron chi connectivity index (χ0n) is 12.7. The maximum atomic E-state index is 12.3. The van der Waals surface area contributed by atoms with Crippen LogP contribution in [0.4, 0.5) is 5.69 Å². The van der Waals surface area contributed by atoms with Gasteiger partial charge in [-0.15, -0.1) is 0 Å². The molecule has 1 fully saturated rings. The van der Waals surface area contributed by atoms with Crippen LogP contribution in [-0.4, -0.2) is 24.3 Å². The number of rotatable bonds is 3. The van der Waals surface area contributed by atoms with Gasteiger partial charge in [-0.25, -0.2) is 13.4 Å². The van der Waals surface area contributed by atoms with Gasteiger partial charge in [-0.05, 0) is 36.1 Å². The molecule has 1 amide bonds. The van der Waals surface area contributed by atoms with Crippen molar-refractivity contribution in [2.45, 2.75) is 30.3 Å². The molecule has 2 aromatic rings. The average molecular weight is 345 g/mol. The molecule has 124 valence electrons. The van der Waals surface area contributed by atoms with Gasteiger partial charge in [0.25, 0.3) is 11.5 Å². The van der Waals surface area contributed by atoms with Crippen LogP contribution in [0, 0.1) is 0 Å². The minimum absolute atomic E-state index is 0.0128. The summed E-state index contributed by atoms with van der Waals surface area (Å²) >= 11 is 0. The van der Waals surface area contributed by atoms with Crippen LogP contribution in [0.3, 0.4) is 0 Å². The molecule has 0 saturated heterocycles. The SMILES string of the molecule is O=C(Nc1ccc2c(c1)CS(=O)(=O)C2)c1cc(=O)[nH]c(C2CC2)n1. The van der Waals surface area contributed by atoms with Gasteiger partial charge in [0.15, 0.2) is 9.84 Å². The molecule has 0 spiro atoms. The summed E-state index contributed by atoms with van der Waals surface area (Å²) in [5.41, 5.74) is 1.67. The Bertz CT molecular complexity index is 1010. The number of aromatic amines is 1. The Morgan fingerprint density at radius 3 is 2.67 bits per heavy atom. The van der Waals surface area contributed by atoms with E-state index in [-0.39, 0.29) is 28.7 Å². The molecule has 24 heavy (non-hydrogen) atoms. The maximum absolute atomic E-state index is 12.3. The summed E-state index contributed by atoms with van der Waals surface area (Å²) in [6, 6.07) is 6.19. The first-order chi connectivity index (χ1) is 11.4. The van der Waals surface area contributed by atoms with Gasteiger partial charge in [0.1, 0.15) is 11.5 Å². The second-order valence-electron chi connectivity index (χ2n) is 6.26. The van der Waals surface area contributed by atoms with Crippen LogP contribution in [0.25, 0.3) is 0 Å². The van der Waals surface area contributed by atoms with Crippen molar-refractivity contribution in [2.75, 3.05) is 5.32 Å². The van der Waals surface area contributed by atoms with Crippen LogP contribution < -0.4 is 10.9 Å². The van der Waals surface area contributed by atoms with Gasteiger partial charge in [-0.1, -0.05) is 6.07 Å². The van der Waals surface area contributed by atoms with E-state index in [1.54, 1.807) is 18.2 Å². The average Bonchev–Trinajstić information content (AvgIpc) is 3.29. The predicted octanol–water partition coefficient (Wildman–Crippen LogP) is 1.33. The number of fused-ring (bicyclic) bond motifs is 1. The maximum Gasteiger partial charge on any atom is 0.274 e. The zero-order chi connectivity index (χ0) is 16.9. The Balaban J connectivity index is 1.58. The third-order valence-corrected chi connectivity index (χ3v) is 5.67. The van der Waals surface area contributed by atoms with Gasteiger partial charge < -0.3 is 10.3 Å². The lowest BCUT2D eigenvalue weighted by Crippen LogP contribution is -2.20. The Morgan fingerprint density at radius 2 is 1.92 bits per heavy atom. The van der Waals surface area contributed by atoms with Gasteiger partial charge in [0.2, 0.25) is 0 Å². The van der Waals surface area contributed by atoms with Crippen molar-refractivity contribution < 1.29 is 13.2 Å². The first-order valence-electron chi connectivity index (χ1n) is 7.64. The van der Waals surface area contributed by atoms with Crippen molar-refractivity contribution in [2.24, 2.45) is 0 Å². The van der Waals surface area contributed by atoms with E-state index in [1.165, 1.54) is 6.07 Å². The lowest BCUT2D eigenvalue weighted by atomic mass is 10.1. The number of carbonyl (C=O) groups excluding carboxylic acids is 1. The van der Waals surface area contributed by atoms with E-state index in [2.05, 4.69) is 15.3 Å². The fourth-order valence-corrected chi connectivity index (χ4v) is 4.44. The first-order valence-corrected chi connectivity index (χ1v) is 9.47. The summed E-state index contributed by atoms with van der Waals surface area (Å²) in [5.74, 6) is 0.324. The first kappa shape index (κ1) is 15.1. The molecule has 0 atom stereocenters. The van der Waals surface area contributed by atoms with E-state index in [0.717, 1.165) is 18.4 Å². The van der Waals surface area contributed by atoms with Crippen LogP contribution >= 0.6 is 0 Å². The zero-order valence-corrected chi connectivity index (χ0v) is 13.5. The van der Waals surface area contributed by atoms with Crippen molar-refractivity contribution in [1.29, 1.82) is 0 Å². The highest BCUT2D eigenvalue weighted by Gasteiger charge is 2.27. The summed E-state index contributed by atoms with van der Waals surface area (Å²) in [6.07, 6.45) is 1.93. The molecule has 2 heterocycles. The molecule has 1 saturated carbocycles. The smallest absolute Gasteiger partial charge is 0.274 e. The Kier molecular flexibility index (Phi) is 3.31. The summed E-state index contributed by atoms with van der Waals surface area (Å²) in [4.78, 5) is 30.9. The third-order valence-electron chi connectivity index (χ3n) is 4.17. The normalized spacial score (nSPS) is 18.2. The minimum Gasteiger partial charge on any atom is -0.321 e. The molecule has 1 aliphatic heterocycles. The molecular formula is C16H15N3O4S. The van der Waals surface area contributed by atoms with Gasteiger partial charge in [0.05, 0.1) is 11.5 Å². The number of aromatic nitrogens is 2. The van der Waals surface area contributed by atoms with Crippen LogP contribution in [0.2, 0.25) is 0 Å². The minimum atomic E-state index is -3.09. The lowest BCUT2D eigenvalue weighted by Gasteiger charge is -2.07. The van der Waals surface area contributed by atoms with Crippen molar-refractivity contribution in [3.63, 3.8) is 0 Å². The second kappa shape index (κ2) is 5.27. The van der Waals surface area contributed by atoms with Crippen molar-refractivity contribution in [1.82, 2.24) is 9.97 Å². The molecule has 8 heteroatoms. The predicted molar refractivity (Wildman–Crippen MR) is 87.6 cm³/mol. The Morgan fingerprint density at radius 1 is 1.17 bits per heavy atom. The summed E-state index contributed by atoms with van der Waals surface area (Å²) in [5, 5.41) is 2.68. The molecule has 1 aliphatic carbocycles. The number of H-pyrrole nitrogens is 1. The Hall–Kier alpha value is -2.48. The summed E-state index contributed by atoms with van der Waals surface area (Å²) in [6.45, 7) is 0. The van der Waals surface area contributed by atoms with E-state index < -0.39 is 15.7 Å². The van der Waals surface area contributed by atoms with E-state index >= 15 is 0 Å². The highest BCUT2D eigenvalue weighted by Crippen LogP contribution is 2.37. The van der Waals surface area contributed by atoms with Crippen molar-refractivity contribution >= 4 is 21.4 Å². The van der Waals surface area contributed by atoms with Gasteiger partial charge in [-0.3, -0.25) is 9.59 Å². The number of benzene rings is 1. The number of hydrogen-bond donors (Lipinski definition) is 2. The molecule has 0 unspecified atom stereocenters. The summed E-state index contributed by atoms with van der Waals surface area (Å²) in [7, 11) is -3.09. The van der Waals surface area contributed by atoms with Gasteiger partial charge in [0, 0.05) is 17.7 Å². The largest absolute Gasteiger partial charge is 0.321 e. The Labute approximate surface area is 138 Å². The number of sulfone groups is 1. The number of hydrogen-bond acceptors (Lipinski definition) is 5. The number of carbonyl (C=O) groups is 1. The van der Waals surface area contributed by atoms with E-state index in [4.69, 9.17) is 0 Å². The number of nitrogens with one attached hydrogen (secondary N) is 2. The standard InChI is InChI=1S/C16H15N3O4S/c20-14-6-13(18-15(19-14)9-1-2-9)16(21)17-12-4-3-10-7-24(22,23)8-11(10)5-12/h3-6,9H,1-2,7-8H2,(H,17,21)(H,18,19,20). The quantitative estimate of drug-likeness (QED) is 0.872. The number of nitrogens with zero attached hydrogens (tertiary/aromatic N) is 1. The van der Waals surface area contributed by atoms with Gasteiger partial charge >= 0.3 is 0 Å². The number of amides is 1. The topological polar surface area (TPSA) is 109 Å². The molecular weight excluding hydrogens is 330 g/mol. The fourth-order valence-electron chi connectivity index (χ4n) is 2.84. The van der Waals surface area contributed by atoms with Crippen LogP contribution in [0.15, 0.2) is 29.1 Å². The van der Waals surface area contributed by atoms with E-state index in [0.29, 0.717) is 17.1 Å². The van der Waals surface area contributed by atoms with Crippen molar-refractivity contribution in [3.8, 4) is 0 Å². The third kappa shape index (κ3) is 2.96. The van der Waals surface area contributed by atoms with Gasteiger partial charge in [-0.2, -0.15) is 0 Å². The fraction of sp³-hybridized carbons (Fsp3) is 0.312. The van der Waals surface area contributed by atoms with E-state index in [1.807, 2.05) is 0 Å². The number of anilines is 1. The summed E-state index contributed by atoms with van der Waals surface area (Å²) < 4.78 is 23.3. The van der Waals surface area contributed by atoms with Crippen LogP contribution in [0.5, 0.6) is 0 Å². The van der Waals surface area contributed by atoms with Crippen LogP contribution in [-0.2, 0) is 21.3 Å².